The fraction of sp³-hybridized carbons (Fsp3) is 0.273. The van der Waals surface area contributed by atoms with Crippen molar-refractivity contribution in [2.75, 3.05) is 20.3 Å². The second-order valence-electron chi connectivity index (χ2n) is 9.64. The Morgan fingerprint density at radius 2 is 1.51 bits per heavy atom. The summed E-state index contributed by atoms with van der Waals surface area (Å²) in [5.41, 5.74) is 3.50. The number of ether oxygens (including phenoxy) is 3. The number of aromatic nitrogens is 1. The van der Waals surface area contributed by atoms with Gasteiger partial charge in [-0.15, -0.1) is 0 Å². The van der Waals surface area contributed by atoms with Crippen molar-refractivity contribution < 1.29 is 34.0 Å². The largest absolute Gasteiger partial charge is 0.497 e. The highest BCUT2D eigenvalue weighted by molar-refractivity contribution is 5.96. The van der Waals surface area contributed by atoms with Crippen molar-refractivity contribution in [3.63, 3.8) is 0 Å². The van der Waals surface area contributed by atoms with Crippen LogP contribution in [0.2, 0.25) is 0 Å². The SMILES string of the molecule is COc1cccc(OCCCCOc2ccc(C=Cc3cccc4c3c(CC(=O)O)cn4CCCC(=O)O)cc2)c1. The molecule has 0 unspecified atom stereocenters. The molecule has 214 valence electrons. The van der Waals surface area contributed by atoms with Crippen LogP contribution >= 0.6 is 0 Å². The molecular formula is C33H35NO7. The van der Waals surface area contributed by atoms with Crippen LogP contribution in [-0.4, -0.2) is 47.0 Å². The number of rotatable bonds is 16. The number of methoxy groups -OCH3 is 1. The summed E-state index contributed by atoms with van der Waals surface area (Å²) in [6.45, 7) is 1.70. The van der Waals surface area contributed by atoms with Gasteiger partial charge in [0.1, 0.15) is 17.2 Å². The number of carboxylic acid groups (broad SMARTS) is 2. The first-order valence-corrected chi connectivity index (χ1v) is 13.6. The molecule has 0 saturated carbocycles. The minimum Gasteiger partial charge on any atom is -0.497 e. The Morgan fingerprint density at radius 1 is 0.805 bits per heavy atom. The van der Waals surface area contributed by atoms with Crippen molar-refractivity contribution in [3.05, 3.63) is 89.6 Å². The van der Waals surface area contributed by atoms with Gasteiger partial charge in [-0.1, -0.05) is 42.5 Å². The zero-order chi connectivity index (χ0) is 29.0. The number of carboxylic acids is 2. The average molecular weight is 558 g/mol. The molecule has 4 rings (SSSR count). The second-order valence-corrected chi connectivity index (χ2v) is 9.64. The van der Waals surface area contributed by atoms with Crippen molar-refractivity contribution >= 4 is 35.0 Å². The molecule has 2 N–H and O–H groups in total. The highest BCUT2D eigenvalue weighted by Crippen LogP contribution is 2.28. The molecular weight excluding hydrogens is 522 g/mol. The maximum Gasteiger partial charge on any atom is 0.307 e. The van der Waals surface area contributed by atoms with E-state index in [1.807, 2.05) is 89.6 Å². The standard InChI is InChI=1S/C33H35NO7/c1-39-28-8-5-9-29(22-28)41-20-3-2-19-40-27-16-13-24(14-17-27)12-15-25-7-4-10-30-33(25)26(21-32(37)38)23-34(30)18-6-11-31(35)36/h4-5,7-10,12-17,22-23H,2-3,6,11,18-21H2,1H3,(H,35,36)(H,37,38). The van der Waals surface area contributed by atoms with Gasteiger partial charge in [0.05, 0.1) is 26.7 Å². The van der Waals surface area contributed by atoms with E-state index in [9.17, 15) is 14.7 Å². The minimum absolute atomic E-state index is 0.0614. The van der Waals surface area contributed by atoms with E-state index in [0.29, 0.717) is 31.7 Å². The summed E-state index contributed by atoms with van der Waals surface area (Å²) in [7, 11) is 1.63. The van der Waals surface area contributed by atoms with Crippen LogP contribution in [0.5, 0.6) is 17.2 Å². The molecule has 1 heterocycles. The molecule has 0 aliphatic heterocycles. The van der Waals surface area contributed by atoms with E-state index >= 15 is 0 Å². The first-order chi connectivity index (χ1) is 19.9. The smallest absolute Gasteiger partial charge is 0.307 e. The number of unbranched alkanes of at least 4 members (excludes halogenated alkanes) is 1. The van der Waals surface area contributed by atoms with Crippen molar-refractivity contribution in [3.8, 4) is 17.2 Å². The number of hydrogen-bond donors (Lipinski definition) is 2. The van der Waals surface area contributed by atoms with Crippen molar-refractivity contribution in [2.45, 2.75) is 38.6 Å². The summed E-state index contributed by atoms with van der Waals surface area (Å²) in [4.78, 5) is 22.5. The van der Waals surface area contributed by atoms with E-state index in [2.05, 4.69) is 0 Å². The van der Waals surface area contributed by atoms with Gasteiger partial charge in [-0.3, -0.25) is 9.59 Å². The zero-order valence-corrected chi connectivity index (χ0v) is 23.1. The van der Waals surface area contributed by atoms with Gasteiger partial charge in [-0.25, -0.2) is 0 Å². The van der Waals surface area contributed by atoms with Gasteiger partial charge in [-0.2, -0.15) is 0 Å². The van der Waals surface area contributed by atoms with Crippen LogP contribution in [0.1, 0.15) is 42.4 Å². The van der Waals surface area contributed by atoms with Gasteiger partial charge in [0.25, 0.3) is 0 Å². The first-order valence-electron chi connectivity index (χ1n) is 13.6. The third kappa shape index (κ3) is 8.63. The predicted octanol–water partition coefficient (Wildman–Crippen LogP) is 6.55. The van der Waals surface area contributed by atoms with Crippen LogP contribution in [0.25, 0.3) is 23.1 Å². The van der Waals surface area contributed by atoms with E-state index in [1.165, 1.54) is 0 Å². The normalized spacial score (nSPS) is 11.1. The van der Waals surface area contributed by atoms with Gasteiger partial charge < -0.3 is 29.0 Å². The third-order valence-corrected chi connectivity index (χ3v) is 6.60. The number of carbonyl (C=O) groups is 2. The Morgan fingerprint density at radius 3 is 2.22 bits per heavy atom. The highest BCUT2D eigenvalue weighted by Gasteiger charge is 2.14. The highest BCUT2D eigenvalue weighted by atomic mass is 16.5. The topological polar surface area (TPSA) is 107 Å². The molecule has 0 amide bonds. The Kier molecular flexibility index (Phi) is 10.4. The monoisotopic (exact) mass is 557 g/mol. The molecule has 0 atom stereocenters. The molecule has 4 aromatic rings. The summed E-state index contributed by atoms with van der Waals surface area (Å²) >= 11 is 0. The Labute approximate surface area is 239 Å². The maximum absolute atomic E-state index is 11.5. The van der Waals surface area contributed by atoms with Gasteiger partial charge in [0, 0.05) is 36.1 Å². The van der Waals surface area contributed by atoms with E-state index in [1.54, 1.807) is 7.11 Å². The Balaban J connectivity index is 1.33. The van der Waals surface area contributed by atoms with Crippen LogP contribution in [0, 0.1) is 0 Å². The molecule has 0 bridgehead atoms. The van der Waals surface area contributed by atoms with E-state index < -0.39 is 11.9 Å². The molecule has 8 heteroatoms. The lowest BCUT2D eigenvalue weighted by Gasteiger charge is -2.09. The lowest BCUT2D eigenvalue weighted by molar-refractivity contribution is -0.137. The summed E-state index contributed by atoms with van der Waals surface area (Å²) in [5.74, 6) is 0.598. The predicted molar refractivity (Wildman–Crippen MR) is 159 cm³/mol. The summed E-state index contributed by atoms with van der Waals surface area (Å²) in [6.07, 6.45) is 7.96. The van der Waals surface area contributed by atoms with Crippen molar-refractivity contribution in [1.29, 1.82) is 0 Å². The molecule has 0 fully saturated rings. The number of aryl methyl sites for hydroxylation is 1. The fourth-order valence-electron chi connectivity index (χ4n) is 4.63. The van der Waals surface area contributed by atoms with Gasteiger partial charge >= 0.3 is 11.9 Å². The van der Waals surface area contributed by atoms with E-state index in [4.69, 9.17) is 19.3 Å². The first kappa shape index (κ1) is 29.3. The van der Waals surface area contributed by atoms with Crippen LogP contribution in [0.3, 0.4) is 0 Å². The molecule has 1 aromatic heterocycles. The summed E-state index contributed by atoms with van der Waals surface area (Å²) in [6, 6.07) is 21.2. The van der Waals surface area contributed by atoms with Crippen LogP contribution in [-0.2, 0) is 22.6 Å². The molecule has 0 aliphatic carbocycles. The summed E-state index contributed by atoms with van der Waals surface area (Å²) in [5, 5.41) is 19.3. The third-order valence-electron chi connectivity index (χ3n) is 6.60. The second kappa shape index (κ2) is 14.6. The maximum atomic E-state index is 11.5. The number of benzene rings is 3. The molecule has 0 spiro atoms. The average Bonchev–Trinajstić information content (AvgIpc) is 3.31. The molecule has 41 heavy (non-hydrogen) atoms. The van der Waals surface area contributed by atoms with Gasteiger partial charge in [-0.05, 0) is 66.3 Å². The molecule has 3 aromatic carbocycles. The number of nitrogens with zero attached hydrogens (tertiary/aromatic N) is 1. The van der Waals surface area contributed by atoms with Gasteiger partial charge in [0.2, 0.25) is 0 Å². The zero-order valence-electron chi connectivity index (χ0n) is 23.1. The Bertz CT molecular complexity index is 1490. The molecule has 0 aliphatic rings. The Hall–Kier alpha value is -4.72. The fourth-order valence-corrected chi connectivity index (χ4v) is 4.63. The molecule has 0 radical (unpaired) electrons. The van der Waals surface area contributed by atoms with Crippen LogP contribution in [0.4, 0.5) is 0 Å². The van der Waals surface area contributed by atoms with Crippen LogP contribution in [0.15, 0.2) is 72.9 Å². The lowest BCUT2D eigenvalue weighted by atomic mass is 10.0. The minimum atomic E-state index is -0.909. The number of fused-ring (bicyclic) bond motifs is 1. The lowest BCUT2D eigenvalue weighted by Crippen LogP contribution is -2.02. The molecule has 0 saturated heterocycles. The van der Waals surface area contributed by atoms with Crippen molar-refractivity contribution in [1.82, 2.24) is 4.57 Å². The van der Waals surface area contributed by atoms with E-state index in [0.717, 1.165) is 52.1 Å². The van der Waals surface area contributed by atoms with Crippen LogP contribution < -0.4 is 14.2 Å². The van der Waals surface area contributed by atoms with E-state index in [-0.39, 0.29) is 12.8 Å². The van der Waals surface area contributed by atoms with Crippen molar-refractivity contribution in [2.24, 2.45) is 0 Å². The number of aliphatic carboxylic acids is 2. The quantitative estimate of drug-likeness (QED) is 0.119. The van der Waals surface area contributed by atoms with Gasteiger partial charge in [0.15, 0.2) is 0 Å². The summed E-state index contributed by atoms with van der Waals surface area (Å²) < 4.78 is 18.8. The number of hydrogen-bond acceptors (Lipinski definition) is 5. The molecule has 8 nitrogen and oxygen atoms in total.